The Morgan fingerprint density at radius 2 is 1.84 bits per heavy atom. The van der Waals surface area contributed by atoms with E-state index in [4.69, 9.17) is 4.74 Å². The first kappa shape index (κ1) is 22.4. The number of amides is 4. The number of ether oxygens (including phenoxy) is 1. The number of carbonyl (C=O) groups is 3. The molecule has 0 saturated carbocycles. The third-order valence-electron chi connectivity index (χ3n) is 5.28. The van der Waals surface area contributed by atoms with Crippen LogP contribution in [-0.2, 0) is 19.9 Å². The molecule has 1 fully saturated rings. The number of nitrogens with one attached hydrogen (secondary N) is 2. The summed E-state index contributed by atoms with van der Waals surface area (Å²) >= 11 is 0. The fourth-order valence-corrected chi connectivity index (χ4v) is 3.40. The van der Waals surface area contributed by atoms with Crippen molar-refractivity contribution in [1.82, 2.24) is 15.5 Å². The Balaban J connectivity index is 1.44. The van der Waals surface area contributed by atoms with Crippen molar-refractivity contribution in [3.63, 3.8) is 0 Å². The Kier molecular flexibility index (Phi) is 7.02. The molecule has 1 saturated heterocycles. The minimum Gasteiger partial charge on any atom is -0.374 e. The van der Waals surface area contributed by atoms with Crippen LogP contribution in [0.25, 0.3) is 0 Å². The molecule has 2 aromatic rings. The van der Waals surface area contributed by atoms with Gasteiger partial charge in [0.15, 0.2) is 0 Å². The molecule has 1 aliphatic rings. The van der Waals surface area contributed by atoms with Gasteiger partial charge in [-0.2, -0.15) is 0 Å². The van der Waals surface area contributed by atoms with Gasteiger partial charge in [-0.05, 0) is 43.5 Å². The number of imide groups is 1. The van der Waals surface area contributed by atoms with Crippen LogP contribution in [0.3, 0.4) is 0 Å². The highest BCUT2D eigenvalue weighted by Crippen LogP contribution is 2.28. The molecule has 1 aliphatic heterocycles. The molecule has 2 N–H and O–H groups in total. The first-order valence-corrected chi connectivity index (χ1v) is 10.1. The topological polar surface area (TPSA) is 87.7 Å². The van der Waals surface area contributed by atoms with Crippen molar-refractivity contribution in [2.45, 2.75) is 31.9 Å². The van der Waals surface area contributed by atoms with Crippen LogP contribution < -0.4 is 10.6 Å². The van der Waals surface area contributed by atoms with Crippen molar-refractivity contribution >= 4 is 17.8 Å². The number of hydrogen-bond donors (Lipinski definition) is 2. The van der Waals surface area contributed by atoms with Crippen LogP contribution in [0.15, 0.2) is 54.6 Å². The van der Waals surface area contributed by atoms with E-state index in [1.807, 2.05) is 37.3 Å². The largest absolute Gasteiger partial charge is 0.374 e. The molecule has 3 rings (SSSR count). The lowest BCUT2D eigenvalue weighted by Gasteiger charge is -2.22. The molecule has 8 heteroatoms. The molecular formula is C23H26FN3O4. The van der Waals surface area contributed by atoms with Gasteiger partial charge < -0.3 is 15.4 Å². The number of halogens is 1. The van der Waals surface area contributed by atoms with Gasteiger partial charge >= 0.3 is 6.03 Å². The fraction of sp³-hybridized carbons (Fsp3) is 0.348. The molecule has 164 valence electrons. The maximum atomic E-state index is 13.2. The fourth-order valence-electron chi connectivity index (χ4n) is 3.40. The van der Waals surface area contributed by atoms with E-state index in [1.165, 1.54) is 31.2 Å². The standard InChI is InChI=1S/C23H26FN3O4/c1-16(17-7-4-3-5-8-17)31-14-6-13-25-20(28)15-27-21(29)23(2,26-22(27)30)18-9-11-19(24)12-10-18/h3-5,7-12,16H,6,13-15H2,1-2H3,(H,25,28)(H,26,30). The van der Waals surface area contributed by atoms with E-state index in [0.717, 1.165) is 10.5 Å². The molecule has 2 unspecified atom stereocenters. The normalized spacial score (nSPS) is 19.3. The highest BCUT2D eigenvalue weighted by Gasteiger charge is 2.49. The van der Waals surface area contributed by atoms with Gasteiger partial charge in [-0.15, -0.1) is 0 Å². The maximum Gasteiger partial charge on any atom is 0.325 e. The molecule has 0 aliphatic carbocycles. The Hall–Kier alpha value is -3.26. The first-order chi connectivity index (χ1) is 14.8. The Labute approximate surface area is 180 Å². The lowest BCUT2D eigenvalue weighted by Crippen LogP contribution is -2.43. The van der Waals surface area contributed by atoms with E-state index < -0.39 is 29.2 Å². The zero-order valence-electron chi connectivity index (χ0n) is 17.6. The average Bonchev–Trinajstić information content (AvgIpc) is 2.98. The number of nitrogens with zero attached hydrogens (tertiary/aromatic N) is 1. The van der Waals surface area contributed by atoms with Crippen LogP contribution in [0.4, 0.5) is 9.18 Å². The zero-order chi connectivity index (χ0) is 22.4. The molecule has 31 heavy (non-hydrogen) atoms. The predicted octanol–water partition coefficient (Wildman–Crippen LogP) is 2.88. The van der Waals surface area contributed by atoms with E-state index >= 15 is 0 Å². The summed E-state index contributed by atoms with van der Waals surface area (Å²) in [6.07, 6.45) is 0.544. The third-order valence-corrected chi connectivity index (χ3v) is 5.28. The van der Waals surface area contributed by atoms with Gasteiger partial charge in [-0.3, -0.25) is 14.5 Å². The van der Waals surface area contributed by atoms with Crippen molar-refractivity contribution in [3.8, 4) is 0 Å². The number of carbonyl (C=O) groups excluding carboxylic acids is 3. The van der Waals surface area contributed by atoms with Gasteiger partial charge in [-0.25, -0.2) is 9.18 Å². The van der Waals surface area contributed by atoms with Gasteiger partial charge in [0.25, 0.3) is 5.91 Å². The van der Waals surface area contributed by atoms with E-state index in [0.29, 0.717) is 25.1 Å². The number of rotatable bonds is 9. The molecule has 4 amide bonds. The van der Waals surface area contributed by atoms with Crippen LogP contribution in [0.5, 0.6) is 0 Å². The first-order valence-electron chi connectivity index (χ1n) is 10.1. The second-order valence-electron chi connectivity index (χ2n) is 7.58. The molecule has 0 radical (unpaired) electrons. The minimum absolute atomic E-state index is 0.0491. The van der Waals surface area contributed by atoms with E-state index in [1.54, 1.807) is 0 Å². The average molecular weight is 427 g/mol. The highest BCUT2D eigenvalue weighted by atomic mass is 19.1. The van der Waals surface area contributed by atoms with Crippen LogP contribution in [0.1, 0.15) is 37.5 Å². The summed E-state index contributed by atoms with van der Waals surface area (Å²) in [6.45, 7) is 3.93. The summed E-state index contributed by atoms with van der Waals surface area (Å²) < 4.78 is 18.9. The maximum absolute atomic E-state index is 13.2. The molecule has 2 aromatic carbocycles. The molecule has 1 heterocycles. The quantitative estimate of drug-likeness (QED) is 0.476. The summed E-state index contributed by atoms with van der Waals surface area (Å²) in [5.74, 6) is -1.44. The third kappa shape index (κ3) is 5.27. The summed E-state index contributed by atoms with van der Waals surface area (Å²) in [5.41, 5.74) is 0.182. The monoisotopic (exact) mass is 427 g/mol. The highest BCUT2D eigenvalue weighted by molar-refractivity contribution is 6.09. The molecule has 2 atom stereocenters. The molecule has 0 aromatic heterocycles. The summed E-state index contributed by atoms with van der Waals surface area (Å²) in [4.78, 5) is 38.2. The van der Waals surface area contributed by atoms with Gasteiger partial charge in [-0.1, -0.05) is 42.5 Å². The Morgan fingerprint density at radius 3 is 2.52 bits per heavy atom. The van der Waals surface area contributed by atoms with Crippen LogP contribution in [0.2, 0.25) is 0 Å². The SMILES string of the molecule is CC(OCCCNC(=O)CN1C(=O)NC(C)(c2ccc(F)cc2)C1=O)c1ccccc1. The Morgan fingerprint density at radius 1 is 1.16 bits per heavy atom. The number of benzene rings is 2. The van der Waals surface area contributed by atoms with Crippen molar-refractivity contribution in [3.05, 3.63) is 71.5 Å². The van der Waals surface area contributed by atoms with Crippen molar-refractivity contribution in [2.24, 2.45) is 0 Å². The lowest BCUT2D eigenvalue weighted by molar-refractivity contribution is -0.134. The van der Waals surface area contributed by atoms with Crippen molar-refractivity contribution in [2.75, 3.05) is 19.7 Å². The molecule has 0 spiro atoms. The van der Waals surface area contributed by atoms with Gasteiger partial charge in [0.05, 0.1) is 6.10 Å². The number of urea groups is 1. The summed E-state index contributed by atoms with van der Waals surface area (Å²) in [6, 6.07) is 14.5. The summed E-state index contributed by atoms with van der Waals surface area (Å²) in [5, 5.41) is 5.29. The molecular weight excluding hydrogens is 401 g/mol. The minimum atomic E-state index is -1.34. The molecule has 7 nitrogen and oxygen atoms in total. The number of hydrogen-bond acceptors (Lipinski definition) is 4. The molecule has 0 bridgehead atoms. The van der Waals surface area contributed by atoms with Crippen LogP contribution in [-0.4, -0.2) is 42.4 Å². The second kappa shape index (κ2) is 9.70. The van der Waals surface area contributed by atoms with E-state index in [2.05, 4.69) is 10.6 Å². The van der Waals surface area contributed by atoms with Crippen LogP contribution >= 0.6 is 0 Å². The van der Waals surface area contributed by atoms with E-state index in [9.17, 15) is 18.8 Å². The zero-order valence-corrected chi connectivity index (χ0v) is 17.6. The van der Waals surface area contributed by atoms with E-state index in [-0.39, 0.29) is 12.6 Å². The predicted molar refractivity (Wildman–Crippen MR) is 112 cm³/mol. The summed E-state index contributed by atoms with van der Waals surface area (Å²) in [7, 11) is 0. The second-order valence-corrected chi connectivity index (χ2v) is 7.58. The van der Waals surface area contributed by atoms with Crippen molar-refractivity contribution in [1.29, 1.82) is 0 Å². The lowest BCUT2D eigenvalue weighted by atomic mass is 9.92. The smallest absolute Gasteiger partial charge is 0.325 e. The Bertz CT molecular complexity index is 936. The van der Waals surface area contributed by atoms with Crippen LogP contribution in [0, 0.1) is 5.82 Å². The van der Waals surface area contributed by atoms with Gasteiger partial charge in [0, 0.05) is 13.2 Å². The van der Waals surface area contributed by atoms with Crippen molar-refractivity contribution < 1.29 is 23.5 Å². The van der Waals surface area contributed by atoms with Gasteiger partial charge in [0.2, 0.25) is 5.91 Å². The van der Waals surface area contributed by atoms with Gasteiger partial charge in [0.1, 0.15) is 17.9 Å².